The number of nitrogens with zero attached hydrogens (tertiary/aromatic N) is 1. The van der Waals surface area contributed by atoms with Gasteiger partial charge < -0.3 is 10.3 Å². The van der Waals surface area contributed by atoms with E-state index < -0.39 is 0 Å². The number of rotatable bonds is 2. The molecule has 94 valence electrons. The lowest BCUT2D eigenvalue weighted by atomic mass is 10.0. The summed E-state index contributed by atoms with van der Waals surface area (Å²) >= 11 is 3.50. The Balaban J connectivity index is 1.84. The van der Waals surface area contributed by atoms with Gasteiger partial charge in [0, 0.05) is 10.0 Å². The number of benzene rings is 1. The maximum atomic E-state index is 4.51. The molecule has 18 heavy (non-hydrogen) atoms. The molecule has 1 aromatic carbocycles. The maximum Gasteiger partial charge on any atom is 0.123 e. The molecule has 1 aliphatic rings. The minimum absolute atomic E-state index is 0.389. The van der Waals surface area contributed by atoms with Gasteiger partial charge in [-0.25, -0.2) is 4.98 Å². The van der Waals surface area contributed by atoms with Gasteiger partial charge in [0.1, 0.15) is 5.82 Å². The highest BCUT2D eigenvalue weighted by molar-refractivity contribution is 9.10. The molecule has 1 aromatic heterocycles. The van der Waals surface area contributed by atoms with Gasteiger partial charge in [-0.2, -0.15) is 0 Å². The van der Waals surface area contributed by atoms with Gasteiger partial charge in [-0.3, -0.25) is 0 Å². The number of halogens is 1. The van der Waals surface area contributed by atoms with E-state index in [1.807, 2.05) is 18.3 Å². The van der Waals surface area contributed by atoms with Crippen molar-refractivity contribution in [1.82, 2.24) is 15.3 Å². The third-order valence-corrected chi connectivity index (χ3v) is 3.86. The summed E-state index contributed by atoms with van der Waals surface area (Å²) < 4.78 is 1.09. The number of hydrogen-bond acceptors (Lipinski definition) is 2. The first-order chi connectivity index (χ1) is 8.83. The van der Waals surface area contributed by atoms with Crippen molar-refractivity contribution >= 4 is 15.9 Å². The predicted molar refractivity (Wildman–Crippen MR) is 76.3 cm³/mol. The van der Waals surface area contributed by atoms with Crippen molar-refractivity contribution in [3.8, 4) is 11.3 Å². The minimum atomic E-state index is 0.389. The first-order valence-corrected chi connectivity index (χ1v) is 7.16. The smallest absolute Gasteiger partial charge is 0.123 e. The van der Waals surface area contributed by atoms with Crippen LogP contribution in [0.4, 0.5) is 0 Å². The molecule has 3 rings (SSSR count). The van der Waals surface area contributed by atoms with E-state index in [0.29, 0.717) is 6.04 Å². The summed E-state index contributed by atoms with van der Waals surface area (Å²) in [6.07, 6.45) is 5.65. The molecular formula is C14H16BrN3. The van der Waals surface area contributed by atoms with E-state index in [1.165, 1.54) is 24.8 Å². The van der Waals surface area contributed by atoms with Gasteiger partial charge in [0.2, 0.25) is 0 Å². The van der Waals surface area contributed by atoms with Crippen LogP contribution in [0.15, 0.2) is 34.9 Å². The summed E-state index contributed by atoms with van der Waals surface area (Å²) in [6, 6.07) is 8.66. The number of piperidine rings is 1. The van der Waals surface area contributed by atoms with Crippen molar-refractivity contribution in [3.05, 3.63) is 40.8 Å². The molecule has 1 atom stereocenters. The maximum absolute atomic E-state index is 4.51. The topological polar surface area (TPSA) is 40.7 Å². The van der Waals surface area contributed by atoms with Crippen LogP contribution < -0.4 is 5.32 Å². The largest absolute Gasteiger partial charge is 0.341 e. The summed E-state index contributed by atoms with van der Waals surface area (Å²) in [7, 11) is 0. The van der Waals surface area contributed by atoms with Crippen LogP contribution in [0.1, 0.15) is 31.1 Å². The Kier molecular flexibility index (Phi) is 3.48. The van der Waals surface area contributed by atoms with Gasteiger partial charge >= 0.3 is 0 Å². The summed E-state index contributed by atoms with van der Waals surface area (Å²) in [5.41, 5.74) is 2.25. The Bertz CT molecular complexity index is 529. The molecule has 0 spiro atoms. The Hall–Kier alpha value is -1.13. The van der Waals surface area contributed by atoms with E-state index in [9.17, 15) is 0 Å². The van der Waals surface area contributed by atoms with Crippen molar-refractivity contribution < 1.29 is 0 Å². The van der Waals surface area contributed by atoms with Gasteiger partial charge in [0.25, 0.3) is 0 Å². The Morgan fingerprint density at radius 2 is 2.22 bits per heavy atom. The summed E-state index contributed by atoms with van der Waals surface area (Å²) in [5, 5.41) is 3.51. The molecule has 4 heteroatoms. The second kappa shape index (κ2) is 5.24. The van der Waals surface area contributed by atoms with Crippen LogP contribution in [0.2, 0.25) is 0 Å². The zero-order valence-corrected chi connectivity index (χ0v) is 11.7. The fraction of sp³-hybridized carbons (Fsp3) is 0.357. The zero-order valence-electron chi connectivity index (χ0n) is 10.1. The fourth-order valence-electron chi connectivity index (χ4n) is 2.40. The molecule has 0 radical (unpaired) electrons. The molecule has 1 saturated heterocycles. The first kappa shape index (κ1) is 11.9. The van der Waals surface area contributed by atoms with E-state index in [-0.39, 0.29) is 0 Å². The molecule has 0 amide bonds. The summed E-state index contributed by atoms with van der Waals surface area (Å²) in [5.74, 6) is 1.06. The number of nitrogens with one attached hydrogen (secondary N) is 2. The first-order valence-electron chi connectivity index (χ1n) is 6.37. The van der Waals surface area contributed by atoms with Crippen LogP contribution in [0.5, 0.6) is 0 Å². The number of aromatic amines is 1. The molecule has 1 fully saturated rings. The van der Waals surface area contributed by atoms with Crippen LogP contribution in [-0.4, -0.2) is 16.5 Å². The van der Waals surface area contributed by atoms with Crippen LogP contribution in [0, 0.1) is 0 Å². The molecule has 2 N–H and O–H groups in total. The van der Waals surface area contributed by atoms with Crippen molar-refractivity contribution in [3.63, 3.8) is 0 Å². The lowest BCUT2D eigenvalue weighted by Crippen LogP contribution is -2.27. The lowest BCUT2D eigenvalue weighted by Gasteiger charge is -2.21. The van der Waals surface area contributed by atoms with Crippen LogP contribution >= 0.6 is 15.9 Å². The number of hydrogen-bond donors (Lipinski definition) is 2. The Labute approximate surface area is 115 Å². The van der Waals surface area contributed by atoms with Gasteiger partial charge in [-0.05, 0) is 31.5 Å². The number of aromatic nitrogens is 2. The monoisotopic (exact) mass is 305 g/mol. The summed E-state index contributed by atoms with van der Waals surface area (Å²) in [6.45, 7) is 1.09. The second-order valence-electron chi connectivity index (χ2n) is 4.69. The van der Waals surface area contributed by atoms with Gasteiger partial charge in [0.05, 0.1) is 17.9 Å². The van der Waals surface area contributed by atoms with E-state index in [2.05, 4.69) is 43.3 Å². The third-order valence-electron chi connectivity index (χ3n) is 3.37. The molecule has 2 heterocycles. The highest BCUT2D eigenvalue weighted by atomic mass is 79.9. The van der Waals surface area contributed by atoms with Gasteiger partial charge in [0.15, 0.2) is 0 Å². The van der Waals surface area contributed by atoms with Crippen LogP contribution in [0.3, 0.4) is 0 Å². The third kappa shape index (κ3) is 2.49. The Morgan fingerprint density at radius 1 is 1.28 bits per heavy atom. The number of imidazole rings is 1. The quantitative estimate of drug-likeness (QED) is 0.889. The predicted octanol–water partition coefficient (Wildman–Crippen LogP) is 3.65. The van der Waals surface area contributed by atoms with Crippen molar-refractivity contribution in [2.24, 2.45) is 0 Å². The lowest BCUT2D eigenvalue weighted by molar-refractivity contribution is 0.399. The average molecular weight is 306 g/mol. The molecule has 1 aliphatic heterocycles. The van der Waals surface area contributed by atoms with Crippen LogP contribution in [0.25, 0.3) is 11.3 Å². The molecule has 0 aliphatic carbocycles. The van der Waals surface area contributed by atoms with E-state index in [0.717, 1.165) is 22.5 Å². The minimum Gasteiger partial charge on any atom is -0.341 e. The van der Waals surface area contributed by atoms with Crippen molar-refractivity contribution in [2.45, 2.75) is 25.3 Å². The number of H-pyrrole nitrogens is 1. The normalized spacial score (nSPS) is 19.9. The van der Waals surface area contributed by atoms with E-state index in [1.54, 1.807) is 0 Å². The van der Waals surface area contributed by atoms with Crippen LogP contribution in [-0.2, 0) is 0 Å². The van der Waals surface area contributed by atoms with Gasteiger partial charge in [-0.15, -0.1) is 0 Å². The molecule has 0 saturated carbocycles. The van der Waals surface area contributed by atoms with E-state index in [4.69, 9.17) is 0 Å². The molecule has 3 nitrogen and oxygen atoms in total. The van der Waals surface area contributed by atoms with Gasteiger partial charge in [-0.1, -0.05) is 34.5 Å². The zero-order chi connectivity index (χ0) is 12.4. The summed E-state index contributed by atoms with van der Waals surface area (Å²) in [4.78, 5) is 7.94. The fourth-order valence-corrected chi connectivity index (χ4v) is 2.80. The molecule has 0 bridgehead atoms. The Morgan fingerprint density at radius 3 is 3.00 bits per heavy atom. The molecule has 1 unspecified atom stereocenters. The SMILES string of the molecule is Brc1cccc(-c2cnc(C3CCCCN3)[nH]2)c1. The second-order valence-corrected chi connectivity index (χ2v) is 5.61. The van der Waals surface area contributed by atoms with Crippen molar-refractivity contribution in [2.75, 3.05) is 6.54 Å². The highest BCUT2D eigenvalue weighted by Crippen LogP contribution is 2.25. The highest BCUT2D eigenvalue weighted by Gasteiger charge is 2.17. The van der Waals surface area contributed by atoms with Crippen molar-refractivity contribution in [1.29, 1.82) is 0 Å². The standard InChI is InChI=1S/C14H16BrN3/c15-11-5-3-4-10(8-11)13-9-17-14(18-13)12-6-1-2-7-16-12/h3-5,8-9,12,16H,1-2,6-7H2,(H,17,18). The molecule has 2 aromatic rings. The molecular weight excluding hydrogens is 290 g/mol. The van der Waals surface area contributed by atoms with E-state index >= 15 is 0 Å². The average Bonchev–Trinajstić information content (AvgIpc) is 2.89.